The predicted octanol–water partition coefficient (Wildman–Crippen LogP) is 3.68. The largest absolute Gasteiger partial charge is 0.494 e. The second kappa shape index (κ2) is 9.80. The molecule has 1 aromatic carbocycles. The van der Waals surface area contributed by atoms with E-state index in [0.717, 1.165) is 38.4 Å². The number of rotatable bonds is 10. The summed E-state index contributed by atoms with van der Waals surface area (Å²) in [6, 6.07) is 9.59. The average molecular weight is 292 g/mol. The number of hydrogen-bond acceptors (Lipinski definition) is 3. The molecule has 1 rings (SSSR count). The van der Waals surface area contributed by atoms with Crippen LogP contribution < -0.4 is 10.1 Å². The van der Waals surface area contributed by atoms with Crippen LogP contribution in [0.25, 0.3) is 0 Å². The van der Waals surface area contributed by atoms with E-state index in [9.17, 15) is 0 Å². The molecular formula is C18H32N2O. The van der Waals surface area contributed by atoms with Crippen molar-refractivity contribution in [2.24, 2.45) is 0 Å². The molecule has 3 nitrogen and oxygen atoms in total. The Morgan fingerprint density at radius 1 is 1.05 bits per heavy atom. The summed E-state index contributed by atoms with van der Waals surface area (Å²) in [4.78, 5) is 2.51. The van der Waals surface area contributed by atoms with Crippen molar-refractivity contribution in [3.8, 4) is 5.75 Å². The lowest BCUT2D eigenvalue weighted by Gasteiger charge is -2.30. The van der Waals surface area contributed by atoms with E-state index in [1.807, 2.05) is 0 Å². The lowest BCUT2D eigenvalue weighted by molar-refractivity contribution is 0.176. The van der Waals surface area contributed by atoms with Crippen LogP contribution in [0, 0.1) is 0 Å². The van der Waals surface area contributed by atoms with Crippen molar-refractivity contribution in [1.29, 1.82) is 0 Å². The third-order valence-corrected chi connectivity index (χ3v) is 3.60. The topological polar surface area (TPSA) is 24.5 Å². The molecule has 0 fully saturated rings. The van der Waals surface area contributed by atoms with Crippen LogP contribution in [0.1, 0.15) is 46.6 Å². The molecule has 120 valence electrons. The Morgan fingerprint density at radius 2 is 1.67 bits per heavy atom. The second-order valence-corrected chi connectivity index (χ2v) is 6.09. The summed E-state index contributed by atoms with van der Waals surface area (Å²) in [5.41, 5.74) is 1.31. The molecule has 0 unspecified atom stereocenters. The van der Waals surface area contributed by atoms with Crippen LogP contribution in [0.4, 0.5) is 0 Å². The van der Waals surface area contributed by atoms with E-state index in [4.69, 9.17) is 4.74 Å². The van der Waals surface area contributed by atoms with Gasteiger partial charge >= 0.3 is 0 Å². The van der Waals surface area contributed by atoms with Gasteiger partial charge in [-0.15, -0.1) is 0 Å². The van der Waals surface area contributed by atoms with E-state index in [1.54, 1.807) is 0 Å². The molecule has 0 atom stereocenters. The highest BCUT2D eigenvalue weighted by Gasteiger charge is 2.11. The Hall–Kier alpha value is -1.06. The molecule has 3 heteroatoms. The molecule has 0 aliphatic heterocycles. The Balaban J connectivity index is 2.29. The first-order chi connectivity index (χ1) is 10.0. The van der Waals surface area contributed by atoms with E-state index >= 15 is 0 Å². The maximum Gasteiger partial charge on any atom is 0.119 e. The summed E-state index contributed by atoms with van der Waals surface area (Å²) in [7, 11) is 0. The molecule has 1 aromatic rings. The number of benzene rings is 1. The van der Waals surface area contributed by atoms with Crippen LogP contribution in [0.3, 0.4) is 0 Å². The highest BCUT2D eigenvalue weighted by molar-refractivity contribution is 5.27. The Kier molecular flexibility index (Phi) is 8.40. The summed E-state index contributed by atoms with van der Waals surface area (Å²) < 4.78 is 5.59. The Labute approximate surface area is 130 Å². The Morgan fingerprint density at radius 3 is 2.19 bits per heavy atom. The standard InChI is InChI=1S/C18H32N2O/c1-6-13-21-18-9-7-17(8-10-18)14-19-11-12-20(15(2)3)16(4)5/h7-10,15-16,19H,6,11-14H2,1-5H3. The molecule has 0 saturated heterocycles. The molecule has 21 heavy (non-hydrogen) atoms. The van der Waals surface area contributed by atoms with E-state index in [2.05, 4.69) is 69.1 Å². The summed E-state index contributed by atoms with van der Waals surface area (Å²) >= 11 is 0. The van der Waals surface area contributed by atoms with Gasteiger partial charge in [-0.05, 0) is 51.8 Å². The summed E-state index contributed by atoms with van der Waals surface area (Å²) in [5, 5.41) is 3.52. The third kappa shape index (κ3) is 6.96. The van der Waals surface area contributed by atoms with Crippen molar-refractivity contribution in [2.45, 2.75) is 59.7 Å². The van der Waals surface area contributed by atoms with Crippen molar-refractivity contribution in [2.75, 3.05) is 19.7 Å². The van der Waals surface area contributed by atoms with Gasteiger partial charge in [0.05, 0.1) is 6.61 Å². The lowest BCUT2D eigenvalue weighted by atomic mass is 10.2. The molecule has 0 radical (unpaired) electrons. The minimum Gasteiger partial charge on any atom is -0.494 e. The molecular weight excluding hydrogens is 260 g/mol. The van der Waals surface area contributed by atoms with Gasteiger partial charge in [-0.1, -0.05) is 19.1 Å². The summed E-state index contributed by atoms with van der Waals surface area (Å²) in [6.45, 7) is 15.0. The highest BCUT2D eigenvalue weighted by Crippen LogP contribution is 2.12. The monoisotopic (exact) mass is 292 g/mol. The first-order valence-corrected chi connectivity index (χ1v) is 8.22. The molecule has 0 aliphatic carbocycles. The van der Waals surface area contributed by atoms with Crippen molar-refractivity contribution in [3.63, 3.8) is 0 Å². The van der Waals surface area contributed by atoms with Crippen LogP contribution in [0.5, 0.6) is 5.75 Å². The van der Waals surface area contributed by atoms with E-state index in [1.165, 1.54) is 5.56 Å². The molecule has 0 heterocycles. The van der Waals surface area contributed by atoms with Gasteiger partial charge in [0.1, 0.15) is 5.75 Å². The first-order valence-electron chi connectivity index (χ1n) is 8.22. The van der Waals surface area contributed by atoms with Crippen molar-refractivity contribution in [3.05, 3.63) is 29.8 Å². The summed E-state index contributed by atoms with van der Waals surface area (Å²) in [6.07, 6.45) is 1.05. The molecule has 0 amide bonds. The van der Waals surface area contributed by atoms with E-state index < -0.39 is 0 Å². The normalized spacial score (nSPS) is 11.6. The van der Waals surface area contributed by atoms with Crippen molar-refractivity contribution < 1.29 is 4.74 Å². The maximum absolute atomic E-state index is 5.59. The third-order valence-electron chi connectivity index (χ3n) is 3.60. The van der Waals surface area contributed by atoms with Crippen molar-refractivity contribution >= 4 is 0 Å². The smallest absolute Gasteiger partial charge is 0.119 e. The van der Waals surface area contributed by atoms with Gasteiger partial charge in [0.2, 0.25) is 0 Å². The number of hydrogen-bond donors (Lipinski definition) is 1. The van der Waals surface area contributed by atoms with E-state index in [0.29, 0.717) is 12.1 Å². The van der Waals surface area contributed by atoms with Gasteiger partial charge in [0.15, 0.2) is 0 Å². The fourth-order valence-electron chi connectivity index (χ4n) is 2.48. The molecule has 0 aliphatic rings. The summed E-state index contributed by atoms with van der Waals surface area (Å²) in [5.74, 6) is 0.964. The zero-order valence-electron chi connectivity index (χ0n) is 14.4. The fraction of sp³-hybridized carbons (Fsp3) is 0.667. The minimum atomic E-state index is 0.599. The van der Waals surface area contributed by atoms with Crippen LogP contribution in [0.2, 0.25) is 0 Å². The Bertz CT molecular complexity index is 365. The van der Waals surface area contributed by atoms with Crippen LogP contribution >= 0.6 is 0 Å². The number of ether oxygens (including phenoxy) is 1. The lowest BCUT2D eigenvalue weighted by Crippen LogP contribution is -2.41. The minimum absolute atomic E-state index is 0.599. The van der Waals surface area contributed by atoms with Gasteiger partial charge < -0.3 is 10.1 Å². The second-order valence-electron chi connectivity index (χ2n) is 6.09. The van der Waals surface area contributed by atoms with Crippen LogP contribution in [-0.4, -0.2) is 36.7 Å². The van der Waals surface area contributed by atoms with Gasteiger partial charge in [0, 0.05) is 31.7 Å². The molecule has 0 aromatic heterocycles. The SMILES string of the molecule is CCCOc1ccc(CNCCN(C(C)C)C(C)C)cc1. The van der Waals surface area contributed by atoms with Crippen molar-refractivity contribution in [1.82, 2.24) is 10.2 Å². The quantitative estimate of drug-likeness (QED) is 0.666. The van der Waals surface area contributed by atoms with Gasteiger partial charge in [-0.25, -0.2) is 0 Å². The predicted molar refractivity (Wildman–Crippen MR) is 90.9 cm³/mol. The fourth-order valence-corrected chi connectivity index (χ4v) is 2.48. The number of nitrogens with one attached hydrogen (secondary N) is 1. The average Bonchev–Trinajstić information content (AvgIpc) is 2.45. The molecule has 0 saturated carbocycles. The highest BCUT2D eigenvalue weighted by atomic mass is 16.5. The molecule has 0 spiro atoms. The number of nitrogens with zero attached hydrogens (tertiary/aromatic N) is 1. The van der Waals surface area contributed by atoms with Gasteiger partial charge in [0.25, 0.3) is 0 Å². The zero-order valence-corrected chi connectivity index (χ0v) is 14.4. The maximum atomic E-state index is 5.59. The zero-order chi connectivity index (χ0) is 15.7. The first kappa shape index (κ1) is 18.0. The van der Waals surface area contributed by atoms with E-state index in [-0.39, 0.29) is 0 Å². The molecule has 0 bridgehead atoms. The van der Waals surface area contributed by atoms with Crippen LogP contribution in [-0.2, 0) is 6.54 Å². The van der Waals surface area contributed by atoms with Gasteiger partial charge in [-0.2, -0.15) is 0 Å². The molecule has 1 N–H and O–H groups in total. The van der Waals surface area contributed by atoms with Gasteiger partial charge in [-0.3, -0.25) is 4.90 Å². The van der Waals surface area contributed by atoms with Crippen LogP contribution in [0.15, 0.2) is 24.3 Å².